The number of nitrogens with two attached hydrogens (primary N) is 1. The summed E-state index contributed by atoms with van der Waals surface area (Å²) in [6, 6.07) is 12.9. The number of amides is 1. The van der Waals surface area contributed by atoms with Crippen molar-refractivity contribution in [2.45, 2.75) is 43.6 Å². The number of aliphatic hydroxyl groups excluding tert-OH is 1. The van der Waals surface area contributed by atoms with Crippen molar-refractivity contribution in [1.82, 2.24) is 14.5 Å². The van der Waals surface area contributed by atoms with Crippen molar-refractivity contribution >= 4 is 35.2 Å². The predicted octanol–water partition coefficient (Wildman–Crippen LogP) is 2.25. The third-order valence-corrected chi connectivity index (χ3v) is 7.34. The highest BCUT2D eigenvalue weighted by atomic mass is 35.5. The van der Waals surface area contributed by atoms with Gasteiger partial charge in [-0.1, -0.05) is 30.3 Å². The number of amidine groups is 1. The van der Waals surface area contributed by atoms with Crippen LogP contribution in [0.15, 0.2) is 47.3 Å². The first-order valence-electron chi connectivity index (χ1n) is 11.7. The van der Waals surface area contributed by atoms with Gasteiger partial charge in [0.2, 0.25) is 5.91 Å². The Morgan fingerprint density at radius 1 is 1.23 bits per heavy atom. The largest absolute Gasteiger partial charge is 0.394 e. The van der Waals surface area contributed by atoms with Gasteiger partial charge in [-0.2, -0.15) is 0 Å². The molecule has 2 heterocycles. The maximum absolute atomic E-state index is 13.5. The highest BCUT2D eigenvalue weighted by Crippen LogP contribution is 2.50. The first-order valence-corrected chi connectivity index (χ1v) is 11.7. The lowest BCUT2D eigenvalue weighted by Crippen LogP contribution is -2.43. The number of nitrogens with zero attached hydrogens (tertiary/aromatic N) is 3. The van der Waals surface area contributed by atoms with Gasteiger partial charge in [-0.15, -0.1) is 12.4 Å². The smallest absolute Gasteiger partial charge is 0.272 e. The fourth-order valence-electron chi connectivity index (χ4n) is 5.12. The number of fused-ring (bicyclic) bond motifs is 1. The van der Waals surface area contributed by atoms with E-state index >= 15 is 0 Å². The van der Waals surface area contributed by atoms with Gasteiger partial charge < -0.3 is 20.3 Å². The molecule has 1 amide bonds. The third kappa shape index (κ3) is 4.32. The Kier molecular flexibility index (Phi) is 6.71. The molecule has 0 spiro atoms. The van der Waals surface area contributed by atoms with Crippen molar-refractivity contribution in [3.8, 4) is 0 Å². The van der Waals surface area contributed by atoms with E-state index in [1.54, 1.807) is 23.7 Å². The summed E-state index contributed by atoms with van der Waals surface area (Å²) >= 11 is 0. The van der Waals surface area contributed by atoms with Crippen LogP contribution in [0.25, 0.3) is 11.0 Å². The minimum atomic E-state index is -0.551. The summed E-state index contributed by atoms with van der Waals surface area (Å²) in [6.45, 7) is 0.693. The van der Waals surface area contributed by atoms with Crippen molar-refractivity contribution in [1.29, 1.82) is 5.41 Å². The van der Waals surface area contributed by atoms with Crippen molar-refractivity contribution in [3.05, 3.63) is 75.2 Å². The lowest BCUT2D eigenvalue weighted by Gasteiger charge is -2.28. The highest BCUT2D eigenvalue weighted by molar-refractivity contribution is 5.95. The Bertz CT molecular complexity index is 1350. The number of hydrogen-bond donors (Lipinski definition) is 3. The quantitative estimate of drug-likeness (QED) is 0.357. The number of hydrogen-bond acceptors (Lipinski definition) is 5. The van der Waals surface area contributed by atoms with Gasteiger partial charge >= 0.3 is 0 Å². The van der Waals surface area contributed by atoms with Crippen LogP contribution in [0.5, 0.6) is 0 Å². The Hall–Kier alpha value is -3.23. The number of carbonyl (C=O) groups is 1. The minimum absolute atomic E-state index is 0. The molecule has 2 fully saturated rings. The molecule has 0 bridgehead atoms. The van der Waals surface area contributed by atoms with Crippen molar-refractivity contribution in [2.24, 2.45) is 12.8 Å². The summed E-state index contributed by atoms with van der Waals surface area (Å²) in [7, 11) is 1.74. The maximum atomic E-state index is 13.5. The fourth-order valence-corrected chi connectivity index (χ4v) is 5.12. The van der Waals surface area contributed by atoms with Gasteiger partial charge in [-0.3, -0.25) is 15.0 Å². The molecule has 184 valence electrons. The minimum Gasteiger partial charge on any atom is -0.394 e. The van der Waals surface area contributed by atoms with Crippen LogP contribution < -0.4 is 11.3 Å². The first-order chi connectivity index (χ1) is 16.3. The molecule has 1 saturated heterocycles. The van der Waals surface area contributed by atoms with Crippen LogP contribution in [0.4, 0.5) is 0 Å². The molecular weight excluding hydrogens is 466 g/mol. The lowest BCUT2D eigenvalue weighted by atomic mass is 9.93. The van der Waals surface area contributed by atoms with Gasteiger partial charge in [-0.05, 0) is 48.9 Å². The van der Waals surface area contributed by atoms with Gasteiger partial charge in [0.05, 0.1) is 29.1 Å². The Balaban J connectivity index is 0.00000289. The molecule has 1 aromatic heterocycles. The summed E-state index contributed by atoms with van der Waals surface area (Å²) in [5, 5.41) is 17.2. The summed E-state index contributed by atoms with van der Waals surface area (Å²) in [6.07, 6.45) is 3.70. The molecule has 35 heavy (non-hydrogen) atoms. The topological polar surface area (TPSA) is 125 Å². The molecule has 4 N–H and O–H groups in total. The molecule has 1 saturated carbocycles. The van der Waals surface area contributed by atoms with E-state index in [4.69, 9.17) is 16.1 Å². The first kappa shape index (κ1) is 24.9. The van der Waals surface area contributed by atoms with Gasteiger partial charge in [0, 0.05) is 25.6 Å². The van der Waals surface area contributed by atoms with Gasteiger partial charge in [0.25, 0.3) is 5.56 Å². The molecule has 8 nitrogen and oxygen atoms in total. The van der Waals surface area contributed by atoms with Gasteiger partial charge in [0.1, 0.15) is 11.5 Å². The highest BCUT2D eigenvalue weighted by Gasteiger charge is 2.54. The number of aliphatic hydroxyl groups is 1. The number of rotatable bonds is 6. The summed E-state index contributed by atoms with van der Waals surface area (Å²) in [4.78, 5) is 33.0. The molecular formula is C26H30ClN5O3. The average molecular weight is 496 g/mol. The summed E-state index contributed by atoms with van der Waals surface area (Å²) in [5.41, 5.74) is 9.13. The van der Waals surface area contributed by atoms with Gasteiger partial charge in [-0.25, -0.2) is 4.98 Å². The molecule has 9 heteroatoms. The van der Waals surface area contributed by atoms with Crippen LogP contribution in [0.1, 0.15) is 48.1 Å². The Morgan fingerprint density at radius 2 is 1.94 bits per heavy atom. The van der Waals surface area contributed by atoms with Crippen LogP contribution in [0.2, 0.25) is 0 Å². The summed E-state index contributed by atoms with van der Waals surface area (Å²) < 4.78 is 1.61. The molecule has 1 aliphatic carbocycles. The number of nitrogen functional groups attached to an aromatic ring is 1. The number of aryl methyl sites for hydroxylation is 1. The van der Waals surface area contributed by atoms with E-state index in [1.165, 1.54) is 0 Å². The number of carbonyl (C=O) groups excluding carboxylic acids is 1. The summed E-state index contributed by atoms with van der Waals surface area (Å²) in [5.74, 6) is 0.0978. The van der Waals surface area contributed by atoms with Crippen LogP contribution in [-0.2, 0) is 23.7 Å². The molecule has 2 aromatic carbocycles. The van der Waals surface area contributed by atoms with E-state index in [0.29, 0.717) is 29.7 Å². The second-order valence-electron chi connectivity index (χ2n) is 9.47. The molecule has 0 radical (unpaired) electrons. The normalized spacial score (nSPS) is 18.3. The Morgan fingerprint density at radius 3 is 2.57 bits per heavy atom. The molecule has 3 aromatic rings. The average Bonchev–Trinajstić information content (AvgIpc) is 3.52. The van der Waals surface area contributed by atoms with E-state index in [-0.39, 0.29) is 42.4 Å². The standard InChI is InChI=1S/C26H29N5O3.ClH/c1-30-22-9-8-18(26(10-11-26)25(34)31-12-2-3-19(31)15-32)14-20(22)29-21(24(30)33)13-16-4-6-17(7-5-16)23(27)28;/h4-9,14,19,32H,2-3,10-13,15H2,1H3,(H3,27,28);1H. The third-order valence-electron chi connectivity index (χ3n) is 7.34. The van der Waals surface area contributed by atoms with E-state index < -0.39 is 5.41 Å². The van der Waals surface area contributed by atoms with E-state index in [9.17, 15) is 14.7 Å². The van der Waals surface area contributed by atoms with Crippen LogP contribution in [0, 0.1) is 5.41 Å². The number of likely N-dealkylation sites (tertiary alicyclic amines) is 1. The number of aromatic nitrogens is 2. The van der Waals surface area contributed by atoms with Crippen LogP contribution >= 0.6 is 12.4 Å². The molecule has 2 aliphatic rings. The van der Waals surface area contributed by atoms with Crippen LogP contribution in [0.3, 0.4) is 0 Å². The maximum Gasteiger partial charge on any atom is 0.272 e. The SMILES string of the molecule is Cl.Cn1c(=O)c(Cc2ccc(C(=N)N)cc2)nc2cc(C3(C(=O)N4CCCC4CO)CC3)ccc21. The number of benzene rings is 2. The monoisotopic (exact) mass is 495 g/mol. The Labute approximate surface area is 209 Å². The van der Waals surface area contributed by atoms with Crippen molar-refractivity contribution in [3.63, 3.8) is 0 Å². The lowest BCUT2D eigenvalue weighted by molar-refractivity contribution is -0.135. The van der Waals surface area contributed by atoms with E-state index in [0.717, 1.165) is 42.3 Å². The number of halogens is 1. The molecule has 5 rings (SSSR count). The van der Waals surface area contributed by atoms with E-state index in [1.807, 2.05) is 35.2 Å². The second kappa shape index (κ2) is 9.43. The van der Waals surface area contributed by atoms with Gasteiger partial charge in [0.15, 0.2) is 0 Å². The van der Waals surface area contributed by atoms with E-state index in [2.05, 4.69) is 0 Å². The zero-order valence-electron chi connectivity index (χ0n) is 19.7. The predicted molar refractivity (Wildman–Crippen MR) is 137 cm³/mol. The number of nitrogens with one attached hydrogen (secondary N) is 1. The van der Waals surface area contributed by atoms with Crippen LogP contribution in [-0.4, -0.2) is 50.5 Å². The zero-order chi connectivity index (χ0) is 24.0. The second-order valence-corrected chi connectivity index (χ2v) is 9.47. The molecule has 1 atom stereocenters. The fraction of sp³-hybridized carbons (Fsp3) is 0.385. The molecule has 1 aliphatic heterocycles. The zero-order valence-corrected chi connectivity index (χ0v) is 20.5. The van der Waals surface area contributed by atoms with Crippen molar-refractivity contribution in [2.75, 3.05) is 13.2 Å². The molecule has 1 unspecified atom stereocenters. The van der Waals surface area contributed by atoms with Crippen molar-refractivity contribution < 1.29 is 9.90 Å².